The maximum absolute atomic E-state index is 2.40. The van der Waals surface area contributed by atoms with Crippen LogP contribution in [-0.4, -0.2) is 13.7 Å². The molecule has 11 rings (SSSR count). The summed E-state index contributed by atoms with van der Waals surface area (Å²) in [5.41, 5.74) is 14.6. The van der Waals surface area contributed by atoms with Gasteiger partial charge in [0.15, 0.2) is 0 Å². The Labute approximate surface area is 300 Å². The van der Waals surface area contributed by atoms with Crippen LogP contribution in [0.25, 0.3) is 99.0 Å². The Kier molecular flexibility index (Phi) is 6.17. The van der Waals surface area contributed by atoms with E-state index < -0.39 is 0 Å². The van der Waals surface area contributed by atoms with Gasteiger partial charge in [-0.2, -0.15) is 0 Å². The van der Waals surface area contributed by atoms with Crippen molar-refractivity contribution in [3.05, 3.63) is 182 Å². The van der Waals surface area contributed by atoms with Crippen LogP contribution in [0.1, 0.15) is 0 Å². The molecule has 0 bridgehead atoms. The van der Waals surface area contributed by atoms with Crippen molar-refractivity contribution < 1.29 is 0 Å². The second-order valence-corrected chi connectivity index (χ2v) is 13.8. The van der Waals surface area contributed by atoms with E-state index >= 15 is 0 Å². The first-order valence-electron chi connectivity index (χ1n) is 17.9. The van der Waals surface area contributed by atoms with Crippen LogP contribution < -0.4 is 0 Å². The Morgan fingerprint density at radius 2 is 0.769 bits per heavy atom. The molecule has 0 spiro atoms. The third kappa shape index (κ3) is 4.08. The fourth-order valence-electron chi connectivity index (χ4n) is 8.79. The third-order valence-electron chi connectivity index (χ3n) is 11.0. The summed E-state index contributed by atoms with van der Waals surface area (Å²) < 4.78 is 7.19. The Bertz CT molecular complexity index is 3180. The highest BCUT2D eigenvalue weighted by atomic mass is 15.0. The van der Waals surface area contributed by atoms with Crippen LogP contribution in [0.4, 0.5) is 0 Å². The van der Waals surface area contributed by atoms with Crippen LogP contribution >= 0.6 is 0 Å². The first kappa shape index (κ1) is 28.9. The molecular formula is C49H33N3. The minimum Gasteiger partial charge on any atom is -0.343 e. The lowest BCUT2D eigenvalue weighted by molar-refractivity contribution is 1.02. The topological polar surface area (TPSA) is 14.8 Å². The standard InChI is InChI=1S/C49H33N3/c1-50-45-25-13-20-36(32-26-28-40-38-18-8-10-23-43(38)51(46(40)30-32)34-14-4-2-5-15-34)48(45)42-22-12-21-37(49(42)50)33-27-29-41-39-19-9-11-24-44(39)52(47(41)31-33)35-16-6-3-7-17-35/h2-31H,1H3. The van der Waals surface area contributed by atoms with E-state index in [0.717, 1.165) is 0 Å². The van der Waals surface area contributed by atoms with Gasteiger partial charge in [0.1, 0.15) is 0 Å². The van der Waals surface area contributed by atoms with E-state index in [1.54, 1.807) is 0 Å². The van der Waals surface area contributed by atoms with E-state index in [1.807, 2.05) is 0 Å². The molecule has 0 unspecified atom stereocenters. The highest BCUT2D eigenvalue weighted by Gasteiger charge is 2.20. The van der Waals surface area contributed by atoms with E-state index in [1.165, 1.54) is 99.0 Å². The average Bonchev–Trinajstić information content (AvgIpc) is 3.83. The molecule has 8 aromatic carbocycles. The van der Waals surface area contributed by atoms with E-state index in [4.69, 9.17) is 0 Å². The molecule has 0 N–H and O–H groups in total. The molecule has 3 heteroatoms. The Balaban J connectivity index is 1.15. The van der Waals surface area contributed by atoms with Crippen molar-refractivity contribution in [3.63, 3.8) is 0 Å². The van der Waals surface area contributed by atoms with Gasteiger partial charge >= 0.3 is 0 Å². The number of hydrogen-bond acceptors (Lipinski definition) is 0. The van der Waals surface area contributed by atoms with Crippen LogP contribution in [0, 0.1) is 0 Å². The second kappa shape index (κ2) is 11.1. The number of aryl methyl sites for hydroxylation is 1. The van der Waals surface area contributed by atoms with Crippen molar-refractivity contribution in [1.29, 1.82) is 0 Å². The molecule has 0 atom stereocenters. The highest BCUT2D eigenvalue weighted by molar-refractivity contribution is 6.19. The molecule has 3 nitrogen and oxygen atoms in total. The molecule has 3 heterocycles. The van der Waals surface area contributed by atoms with Gasteiger partial charge in [0.2, 0.25) is 0 Å². The Morgan fingerprint density at radius 3 is 1.37 bits per heavy atom. The fraction of sp³-hybridized carbons (Fsp3) is 0.0204. The summed E-state index contributed by atoms with van der Waals surface area (Å²) in [7, 11) is 2.22. The third-order valence-corrected chi connectivity index (χ3v) is 11.0. The van der Waals surface area contributed by atoms with Crippen molar-refractivity contribution in [2.45, 2.75) is 0 Å². The molecular weight excluding hydrogens is 631 g/mol. The maximum atomic E-state index is 2.40. The van der Waals surface area contributed by atoms with Crippen LogP contribution in [-0.2, 0) is 7.05 Å². The summed E-state index contributed by atoms with van der Waals surface area (Å²) in [5.74, 6) is 0. The summed E-state index contributed by atoms with van der Waals surface area (Å²) in [6, 6.07) is 66.4. The van der Waals surface area contributed by atoms with Crippen molar-refractivity contribution in [3.8, 4) is 33.6 Å². The van der Waals surface area contributed by atoms with Gasteiger partial charge < -0.3 is 13.7 Å². The van der Waals surface area contributed by atoms with Crippen LogP contribution in [0.3, 0.4) is 0 Å². The minimum absolute atomic E-state index is 1.17. The summed E-state index contributed by atoms with van der Waals surface area (Å²) in [6.07, 6.45) is 0. The molecule has 0 aliphatic carbocycles. The number of rotatable bonds is 4. The van der Waals surface area contributed by atoms with Gasteiger partial charge in [-0.1, -0.05) is 127 Å². The van der Waals surface area contributed by atoms with Gasteiger partial charge in [-0.05, 0) is 71.3 Å². The summed E-state index contributed by atoms with van der Waals surface area (Å²) in [4.78, 5) is 0. The fourth-order valence-corrected chi connectivity index (χ4v) is 8.79. The number of hydrogen-bond donors (Lipinski definition) is 0. The lowest BCUT2D eigenvalue weighted by Crippen LogP contribution is -1.94. The van der Waals surface area contributed by atoms with Crippen molar-refractivity contribution in [2.75, 3.05) is 0 Å². The van der Waals surface area contributed by atoms with E-state index in [9.17, 15) is 0 Å². The number of benzene rings is 8. The normalized spacial score (nSPS) is 11.9. The monoisotopic (exact) mass is 663 g/mol. The predicted molar refractivity (Wildman–Crippen MR) is 220 cm³/mol. The SMILES string of the molecule is Cn1c2cccc(-c3ccc4c5ccccc5n(-c5ccccc5)c4c3)c2c2cccc(-c3ccc4c5ccccc5n(-c5ccccc5)c4c3)c21. The van der Waals surface area contributed by atoms with Gasteiger partial charge in [0, 0.05) is 61.8 Å². The smallest absolute Gasteiger partial charge is 0.0568 e. The summed E-state index contributed by atoms with van der Waals surface area (Å²) >= 11 is 0. The van der Waals surface area contributed by atoms with Gasteiger partial charge in [-0.3, -0.25) is 0 Å². The van der Waals surface area contributed by atoms with Gasteiger partial charge in [-0.25, -0.2) is 0 Å². The summed E-state index contributed by atoms with van der Waals surface area (Å²) in [6.45, 7) is 0. The molecule has 0 aliphatic heterocycles. The zero-order valence-corrected chi connectivity index (χ0v) is 28.7. The van der Waals surface area contributed by atoms with Gasteiger partial charge in [0.05, 0.1) is 27.6 Å². The molecule has 11 aromatic rings. The lowest BCUT2D eigenvalue weighted by Gasteiger charge is -2.10. The largest absolute Gasteiger partial charge is 0.343 e. The molecule has 244 valence electrons. The molecule has 0 saturated carbocycles. The van der Waals surface area contributed by atoms with E-state index in [2.05, 4.69) is 203 Å². The maximum Gasteiger partial charge on any atom is 0.0568 e. The van der Waals surface area contributed by atoms with E-state index in [0.29, 0.717) is 0 Å². The lowest BCUT2D eigenvalue weighted by atomic mass is 9.96. The van der Waals surface area contributed by atoms with E-state index in [-0.39, 0.29) is 0 Å². The van der Waals surface area contributed by atoms with Crippen LogP contribution in [0.15, 0.2) is 182 Å². The molecule has 0 fully saturated rings. The Hall–Kier alpha value is -6.84. The first-order valence-corrected chi connectivity index (χ1v) is 17.9. The molecule has 0 amide bonds. The molecule has 0 radical (unpaired) electrons. The first-order chi connectivity index (χ1) is 25.7. The molecule has 3 aromatic heterocycles. The molecule has 0 aliphatic rings. The Morgan fingerprint density at radius 1 is 0.327 bits per heavy atom. The van der Waals surface area contributed by atoms with Crippen molar-refractivity contribution in [2.24, 2.45) is 7.05 Å². The molecule has 0 saturated heterocycles. The number of para-hydroxylation sites is 5. The van der Waals surface area contributed by atoms with Crippen LogP contribution in [0.5, 0.6) is 0 Å². The molecule has 52 heavy (non-hydrogen) atoms. The summed E-state index contributed by atoms with van der Waals surface area (Å²) in [5, 5.41) is 7.60. The van der Waals surface area contributed by atoms with Crippen molar-refractivity contribution >= 4 is 65.4 Å². The number of aromatic nitrogens is 3. The quantitative estimate of drug-likeness (QED) is 0.178. The van der Waals surface area contributed by atoms with Gasteiger partial charge in [-0.15, -0.1) is 0 Å². The minimum atomic E-state index is 1.17. The highest BCUT2D eigenvalue weighted by Crippen LogP contribution is 2.43. The van der Waals surface area contributed by atoms with Crippen LogP contribution in [0.2, 0.25) is 0 Å². The van der Waals surface area contributed by atoms with Crippen molar-refractivity contribution in [1.82, 2.24) is 13.7 Å². The van der Waals surface area contributed by atoms with Gasteiger partial charge in [0.25, 0.3) is 0 Å². The average molecular weight is 664 g/mol. The number of fused-ring (bicyclic) bond motifs is 9. The zero-order valence-electron chi connectivity index (χ0n) is 28.7. The predicted octanol–water partition coefficient (Wildman–Crippen LogP) is 12.9. The number of nitrogens with zero attached hydrogens (tertiary/aromatic N) is 3. The zero-order chi connectivity index (χ0) is 34.3. The second-order valence-electron chi connectivity index (χ2n) is 13.8.